The minimum atomic E-state index is -1.15. The molecule has 2 unspecified atom stereocenters. The standard InChI is InChI=1S/C13H15NO4S/c1-8(15)19-7-11(16)13(17)9-3-4-12(18-2)10(5-9)6-14/h3-5,11,13,16-17H,7H2,1-2H3. The third-order valence-electron chi connectivity index (χ3n) is 2.51. The number of carbonyl (C=O) groups excluding carboxylic acids is 1. The van der Waals surface area contributed by atoms with Crippen LogP contribution in [-0.2, 0) is 4.79 Å². The minimum absolute atomic E-state index is 0.102. The monoisotopic (exact) mass is 281 g/mol. The zero-order valence-corrected chi connectivity index (χ0v) is 11.5. The molecule has 0 spiro atoms. The lowest BCUT2D eigenvalue weighted by Crippen LogP contribution is -2.21. The van der Waals surface area contributed by atoms with Crippen LogP contribution in [0.3, 0.4) is 0 Å². The molecule has 0 heterocycles. The van der Waals surface area contributed by atoms with Crippen molar-refractivity contribution in [1.82, 2.24) is 0 Å². The van der Waals surface area contributed by atoms with E-state index in [1.54, 1.807) is 12.1 Å². The predicted octanol–water partition coefficient (Wildman–Crippen LogP) is 1.24. The van der Waals surface area contributed by atoms with Gasteiger partial charge in [0.2, 0.25) is 0 Å². The third kappa shape index (κ3) is 4.24. The number of aliphatic hydroxyl groups excluding tert-OH is 2. The fourth-order valence-electron chi connectivity index (χ4n) is 1.51. The molecule has 1 rings (SSSR count). The maximum Gasteiger partial charge on any atom is 0.185 e. The quantitative estimate of drug-likeness (QED) is 0.844. The SMILES string of the molecule is COc1ccc(C(O)C(O)CSC(C)=O)cc1C#N. The normalized spacial score (nSPS) is 13.4. The highest BCUT2D eigenvalue weighted by Crippen LogP contribution is 2.25. The second-order valence-electron chi connectivity index (χ2n) is 3.89. The lowest BCUT2D eigenvalue weighted by molar-refractivity contribution is -0.109. The van der Waals surface area contributed by atoms with Gasteiger partial charge in [-0.1, -0.05) is 17.8 Å². The number of methoxy groups -OCH3 is 1. The van der Waals surface area contributed by atoms with Gasteiger partial charge in [-0.2, -0.15) is 5.26 Å². The van der Waals surface area contributed by atoms with Crippen LogP contribution in [0.25, 0.3) is 0 Å². The molecular formula is C13H15NO4S. The average Bonchev–Trinajstić information content (AvgIpc) is 2.42. The molecule has 102 valence electrons. The summed E-state index contributed by atoms with van der Waals surface area (Å²) in [4.78, 5) is 10.8. The van der Waals surface area contributed by atoms with Crippen LogP contribution in [0.2, 0.25) is 0 Å². The summed E-state index contributed by atoms with van der Waals surface area (Å²) >= 11 is 0.941. The number of carbonyl (C=O) groups is 1. The van der Waals surface area contributed by atoms with E-state index in [1.807, 2.05) is 6.07 Å². The Hall–Kier alpha value is -1.55. The smallest absolute Gasteiger partial charge is 0.185 e. The maximum absolute atomic E-state index is 10.8. The molecule has 0 amide bonds. The first-order valence-corrected chi connectivity index (χ1v) is 6.55. The largest absolute Gasteiger partial charge is 0.495 e. The molecule has 0 aliphatic carbocycles. The van der Waals surface area contributed by atoms with Crippen LogP contribution >= 0.6 is 11.8 Å². The number of nitriles is 1. The molecule has 19 heavy (non-hydrogen) atoms. The summed E-state index contributed by atoms with van der Waals surface area (Å²) in [5.41, 5.74) is 0.694. The van der Waals surface area contributed by atoms with E-state index in [2.05, 4.69) is 0 Å². The Morgan fingerprint density at radius 3 is 2.74 bits per heavy atom. The molecule has 2 atom stereocenters. The fraction of sp³-hybridized carbons (Fsp3) is 0.385. The maximum atomic E-state index is 10.8. The Balaban J connectivity index is 2.85. The zero-order valence-electron chi connectivity index (χ0n) is 10.7. The number of thioether (sulfide) groups is 1. The van der Waals surface area contributed by atoms with Gasteiger partial charge in [0.1, 0.15) is 17.9 Å². The number of aliphatic hydroxyl groups is 2. The lowest BCUT2D eigenvalue weighted by Gasteiger charge is -2.18. The highest BCUT2D eigenvalue weighted by atomic mass is 32.2. The van der Waals surface area contributed by atoms with Gasteiger partial charge in [-0.15, -0.1) is 0 Å². The summed E-state index contributed by atoms with van der Waals surface area (Å²) in [6.45, 7) is 1.39. The summed E-state index contributed by atoms with van der Waals surface area (Å²) in [6, 6.07) is 6.55. The van der Waals surface area contributed by atoms with Crippen LogP contribution < -0.4 is 4.74 Å². The van der Waals surface area contributed by atoms with Gasteiger partial charge in [-0.05, 0) is 17.7 Å². The molecule has 0 saturated carbocycles. The molecule has 5 nitrogen and oxygen atoms in total. The van der Waals surface area contributed by atoms with E-state index in [1.165, 1.54) is 20.1 Å². The number of hydrogen-bond acceptors (Lipinski definition) is 6. The Kier molecular flexibility index (Phi) is 5.83. The second-order valence-corrected chi connectivity index (χ2v) is 5.08. The lowest BCUT2D eigenvalue weighted by atomic mass is 10.0. The van der Waals surface area contributed by atoms with Crippen molar-refractivity contribution in [3.8, 4) is 11.8 Å². The number of benzene rings is 1. The van der Waals surface area contributed by atoms with E-state index < -0.39 is 12.2 Å². The molecule has 0 aromatic heterocycles. The second kappa shape index (κ2) is 7.14. The van der Waals surface area contributed by atoms with Crippen molar-refractivity contribution in [2.75, 3.05) is 12.9 Å². The summed E-state index contributed by atoms with van der Waals surface area (Å²) in [5.74, 6) is 0.510. The Bertz CT molecular complexity index is 498. The molecule has 0 radical (unpaired) electrons. The van der Waals surface area contributed by atoms with E-state index in [-0.39, 0.29) is 16.4 Å². The molecular weight excluding hydrogens is 266 g/mol. The van der Waals surface area contributed by atoms with Crippen LogP contribution in [-0.4, -0.2) is 34.3 Å². The molecule has 6 heteroatoms. The molecule has 0 bridgehead atoms. The highest BCUT2D eigenvalue weighted by molar-refractivity contribution is 8.13. The Morgan fingerprint density at radius 2 is 2.21 bits per heavy atom. The summed E-state index contributed by atoms with van der Waals surface area (Å²) in [5, 5.41) is 28.6. The van der Waals surface area contributed by atoms with Gasteiger partial charge in [0.05, 0.1) is 18.8 Å². The van der Waals surface area contributed by atoms with Crippen LogP contribution in [0, 0.1) is 11.3 Å². The molecule has 0 aliphatic heterocycles. The van der Waals surface area contributed by atoms with Crippen molar-refractivity contribution in [2.24, 2.45) is 0 Å². The van der Waals surface area contributed by atoms with E-state index in [0.717, 1.165) is 11.8 Å². The summed E-state index contributed by atoms with van der Waals surface area (Å²) < 4.78 is 4.99. The van der Waals surface area contributed by atoms with Gasteiger partial charge in [-0.3, -0.25) is 4.79 Å². The Morgan fingerprint density at radius 1 is 1.53 bits per heavy atom. The molecule has 1 aromatic rings. The summed E-state index contributed by atoms with van der Waals surface area (Å²) in [6.07, 6.45) is -2.22. The van der Waals surface area contributed by atoms with Crippen molar-refractivity contribution in [2.45, 2.75) is 19.1 Å². The van der Waals surface area contributed by atoms with Crippen molar-refractivity contribution in [1.29, 1.82) is 5.26 Å². The molecule has 1 aromatic carbocycles. The van der Waals surface area contributed by atoms with Crippen molar-refractivity contribution < 1.29 is 19.7 Å². The molecule has 0 saturated heterocycles. The van der Waals surface area contributed by atoms with Gasteiger partial charge in [0, 0.05) is 12.7 Å². The van der Waals surface area contributed by atoms with Gasteiger partial charge in [0.25, 0.3) is 0 Å². The van der Waals surface area contributed by atoms with Crippen molar-refractivity contribution in [3.63, 3.8) is 0 Å². The van der Waals surface area contributed by atoms with Crippen LogP contribution in [0.4, 0.5) is 0 Å². The third-order valence-corrected chi connectivity index (χ3v) is 3.42. The number of nitrogens with zero attached hydrogens (tertiary/aromatic N) is 1. The number of ether oxygens (including phenoxy) is 1. The van der Waals surface area contributed by atoms with E-state index >= 15 is 0 Å². The fourth-order valence-corrected chi connectivity index (χ4v) is 2.10. The highest BCUT2D eigenvalue weighted by Gasteiger charge is 2.20. The first-order chi connectivity index (χ1) is 8.99. The molecule has 0 aliphatic rings. The number of hydrogen-bond donors (Lipinski definition) is 2. The van der Waals surface area contributed by atoms with Crippen LogP contribution in [0.15, 0.2) is 18.2 Å². The van der Waals surface area contributed by atoms with Crippen molar-refractivity contribution >= 4 is 16.9 Å². The first-order valence-electron chi connectivity index (χ1n) is 5.57. The van der Waals surface area contributed by atoms with Gasteiger partial charge >= 0.3 is 0 Å². The predicted molar refractivity (Wildman–Crippen MR) is 71.8 cm³/mol. The first kappa shape index (κ1) is 15.5. The summed E-state index contributed by atoms with van der Waals surface area (Å²) in [7, 11) is 1.45. The van der Waals surface area contributed by atoms with Crippen LogP contribution in [0.1, 0.15) is 24.2 Å². The average molecular weight is 281 g/mol. The zero-order chi connectivity index (χ0) is 14.4. The van der Waals surface area contributed by atoms with Gasteiger partial charge in [-0.25, -0.2) is 0 Å². The molecule has 0 fully saturated rings. The van der Waals surface area contributed by atoms with Crippen LogP contribution in [0.5, 0.6) is 5.75 Å². The van der Waals surface area contributed by atoms with Gasteiger partial charge < -0.3 is 14.9 Å². The van der Waals surface area contributed by atoms with Gasteiger partial charge in [0.15, 0.2) is 5.12 Å². The van der Waals surface area contributed by atoms with E-state index in [0.29, 0.717) is 11.3 Å². The van der Waals surface area contributed by atoms with E-state index in [4.69, 9.17) is 10.00 Å². The van der Waals surface area contributed by atoms with Crippen molar-refractivity contribution in [3.05, 3.63) is 29.3 Å². The molecule has 2 N–H and O–H groups in total. The number of rotatable bonds is 5. The Labute approximate surface area is 115 Å². The topological polar surface area (TPSA) is 90.5 Å². The minimum Gasteiger partial charge on any atom is -0.495 e. The van der Waals surface area contributed by atoms with E-state index in [9.17, 15) is 15.0 Å².